The summed E-state index contributed by atoms with van der Waals surface area (Å²) in [4.78, 5) is 12.4. The molecule has 2 aromatic carbocycles. The summed E-state index contributed by atoms with van der Waals surface area (Å²) in [7, 11) is -2.36. The highest BCUT2D eigenvalue weighted by molar-refractivity contribution is 7.89. The number of benzene rings is 2. The second-order valence-electron chi connectivity index (χ2n) is 7.15. The highest BCUT2D eigenvalue weighted by Crippen LogP contribution is 2.34. The third-order valence-electron chi connectivity index (χ3n) is 5.39. The van der Waals surface area contributed by atoms with Gasteiger partial charge in [-0.3, -0.25) is 10.0 Å². The van der Waals surface area contributed by atoms with Gasteiger partial charge in [0.2, 0.25) is 15.9 Å². The normalized spacial score (nSPS) is 19.7. The zero-order valence-corrected chi connectivity index (χ0v) is 17.1. The number of hydrogen-bond donors (Lipinski definition) is 2. The maximum Gasteiger partial charge on any atom is 0.248 e. The van der Waals surface area contributed by atoms with E-state index >= 15 is 0 Å². The first-order valence-corrected chi connectivity index (χ1v) is 11.0. The highest BCUT2D eigenvalue weighted by Gasteiger charge is 2.40. The standard InChI is InChI=1S/C21H26N2O5S/c1-28-17-11-13-18(14-12-17)29(26,27)23(15-16-7-3-2-4-8-16)20-10-6-5-9-19(20)21(24)22-25/h2-4,7-8,11-14,19-20,25H,5-6,9-10,15H2,1H3,(H,22,24)/t19-,20+/m1/s1. The first-order chi connectivity index (χ1) is 14.0. The Hall–Kier alpha value is -2.42. The molecule has 0 aromatic heterocycles. The molecule has 2 N–H and O–H groups in total. The van der Waals surface area contributed by atoms with Gasteiger partial charge in [0.15, 0.2) is 0 Å². The van der Waals surface area contributed by atoms with Crippen LogP contribution in [0.4, 0.5) is 0 Å². The minimum Gasteiger partial charge on any atom is -0.497 e. The number of nitrogens with one attached hydrogen (secondary N) is 1. The van der Waals surface area contributed by atoms with Gasteiger partial charge in [0, 0.05) is 12.6 Å². The van der Waals surface area contributed by atoms with Crippen molar-refractivity contribution < 1.29 is 23.2 Å². The molecule has 0 radical (unpaired) electrons. The van der Waals surface area contributed by atoms with Crippen molar-refractivity contribution in [2.45, 2.75) is 43.2 Å². The lowest BCUT2D eigenvalue weighted by Crippen LogP contribution is -2.50. The molecular weight excluding hydrogens is 392 g/mol. The van der Waals surface area contributed by atoms with Crippen LogP contribution in [0, 0.1) is 5.92 Å². The van der Waals surface area contributed by atoms with Crippen molar-refractivity contribution in [1.29, 1.82) is 0 Å². The van der Waals surface area contributed by atoms with Gasteiger partial charge in [-0.1, -0.05) is 43.2 Å². The Morgan fingerprint density at radius 3 is 2.38 bits per heavy atom. The molecule has 2 atom stereocenters. The summed E-state index contributed by atoms with van der Waals surface area (Å²) in [6.45, 7) is 0.148. The van der Waals surface area contributed by atoms with Crippen LogP contribution in [0.15, 0.2) is 59.5 Å². The van der Waals surface area contributed by atoms with E-state index in [-0.39, 0.29) is 11.4 Å². The van der Waals surface area contributed by atoms with Gasteiger partial charge in [0.05, 0.1) is 17.9 Å². The summed E-state index contributed by atoms with van der Waals surface area (Å²) in [6, 6.07) is 15.0. The predicted octanol–water partition coefficient (Wildman–Crippen LogP) is 2.95. The maximum atomic E-state index is 13.6. The monoisotopic (exact) mass is 418 g/mol. The lowest BCUT2D eigenvalue weighted by molar-refractivity contribution is -0.136. The van der Waals surface area contributed by atoms with Gasteiger partial charge in [-0.2, -0.15) is 4.31 Å². The lowest BCUT2D eigenvalue weighted by Gasteiger charge is -2.38. The SMILES string of the molecule is COc1ccc(S(=O)(=O)N(Cc2ccccc2)[C@H]2CCCC[C@H]2C(=O)NO)cc1. The third kappa shape index (κ3) is 4.77. The van der Waals surface area contributed by atoms with Gasteiger partial charge in [0.25, 0.3) is 0 Å². The van der Waals surface area contributed by atoms with Crippen LogP contribution >= 0.6 is 0 Å². The highest BCUT2D eigenvalue weighted by atomic mass is 32.2. The first kappa shape index (κ1) is 21.3. The van der Waals surface area contributed by atoms with E-state index in [2.05, 4.69) is 0 Å². The summed E-state index contributed by atoms with van der Waals surface area (Å²) in [5.74, 6) is -0.586. The van der Waals surface area contributed by atoms with E-state index < -0.39 is 27.9 Å². The molecule has 7 nitrogen and oxygen atoms in total. The number of ether oxygens (including phenoxy) is 1. The topological polar surface area (TPSA) is 95.9 Å². The van der Waals surface area contributed by atoms with Crippen LogP contribution in [0.1, 0.15) is 31.2 Å². The number of hydrogen-bond acceptors (Lipinski definition) is 5. The van der Waals surface area contributed by atoms with Crippen LogP contribution < -0.4 is 10.2 Å². The molecule has 0 saturated heterocycles. The Kier molecular flexibility index (Phi) is 6.89. The molecular formula is C21H26N2O5S. The van der Waals surface area contributed by atoms with E-state index in [0.29, 0.717) is 18.6 Å². The Bertz CT molecular complexity index is 916. The summed E-state index contributed by atoms with van der Waals surface area (Å²) in [6.07, 6.45) is 2.72. The Labute approximate surface area is 171 Å². The number of carbonyl (C=O) groups is 1. The number of sulfonamides is 1. The van der Waals surface area contributed by atoms with Crippen molar-refractivity contribution >= 4 is 15.9 Å². The molecule has 3 rings (SSSR count). The number of carbonyl (C=O) groups excluding carboxylic acids is 1. The summed E-state index contributed by atoms with van der Waals surface area (Å²) in [5, 5.41) is 9.17. The number of methoxy groups -OCH3 is 1. The first-order valence-electron chi connectivity index (χ1n) is 9.61. The molecule has 29 heavy (non-hydrogen) atoms. The fourth-order valence-electron chi connectivity index (χ4n) is 3.87. The number of amides is 1. The van der Waals surface area contributed by atoms with Gasteiger partial charge < -0.3 is 4.74 Å². The zero-order chi connectivity index (χ0) is 20.9. The van der Waals surface area contributed by atoms with Crippen LogP contribution in [-0.4, -0.2) is 37.0 Å². The van der Waals surface area contributed by atoms with Crippen LogP contribution in [0.2, 0.25) is 0 Å². The molecule has 156 valence electrons. The Morgan fingerprint density at radius 2 is 1.76 bits per heavy atom. The molecule has 0 unspecified atom stereocenters. The second-order valence-corrected chi connectivity index (χ2v) is 9.04. The predicted molar refractivity (Wildman–Crippen MR) is 108 cm³/mol. The summed E-state index contributed by atoms with van der Waals surface area (Å²) >= 11 is 0. The Morgan fingerprint density at radius 1 is 1.10 bits per heavy atom. The molecule has 0 bridgehead atoms. The average Bonchev–Trinajstić information content (AvgIpc) is 2.77. The van der Waals surface area contributed by atoms with Crippen molar-refractivity contribution in [2.24, 2.45) is 5.92 Å². The largest absolute Gasteiger partial charge is 0.497 e. The fourth-order valence-corrected chi connectivity index (χ4v) is 5.55. The van der Waals surface area contributed by atoms with E-state index in [1.165, 1.54) is 23.5 Å². The number of rotatable bonds is 7. The molecule has 8 heteroatoms. The number of hydroxylamine groups is 1. The molecule has 1 aliphatic carbocycles. The van der Waals surface area contributed by atoms with Crippen LogP contribution in [0.5, 0.6) is 5.75 Å². The number of nitrogens with zero attached hydrogens (tertiary/aromatic N) is 1. The molecule has 0 aliphatic heterocycles. The smallest absolute Gasteiger partial charge is 0.248 e. The molecule has 1 amide bonds. The molecule has 1 aliphatic rings. The van der Waals surface area contributed by atoms with Crippen molar-refractivity contribution in [2.75, 3.05) is 7.11 Å². The zero-order valence-electron chi connectivity index (χ0n) is 16.3. The van der Waals surface area contributed by atoms with Gasteiger partial charge in [0.1, 0.15) is 5.75 Å². The van der Waals surface area contributed by atoms with E-state index in [9.17, 15) is 18.4 Å². The second kappa shape index (κ2) is 9.39. The molecule has 0 heterocycles. The molecule has 1 saturated carbocycles. The van der Waals surface area contributed by atoms with Gasteiger partial charge in [-0.15, -0.1) is 0 Å². The van der Waals surface area contributed by atoms with Crippen molar-refractivity contribution in [3.63, 3.8) is 0 Å². The van der Waals surface area contributed by atoms with Crippen LogP contribution in [-0.2, 0) is 21.4 Å². The van der Waals surface area contributed by atoms with Gasteiger partial charge >= 0.3 is 0 Å². The third-order valence-corrected chi connectivity index (χ3v) is 7.28. The van der Waals surface area contributed by atoms with Crippen LogP contribution in [0.25, 0.3) is 0 Å². The van der Waals surface area contributed by atoms with Crippen LogP contribution in [0.3, 0.4) is 0 Å². The van der Waals surface area contributed by atoms with E-state index in [1.54, 1.807) is 17.6 Å². The summed E-state index contributed by atoms with van der Waals surface area (Å²) < 4.78 is 33.7. The van der Waals surface area contributed by atoms with Crippen molar-refractivity contribution in [1.82, 2.24) is 9.79 Å². The molecule has 0 spiro atoms. The van der Waals surface area contributed by atoms with E-state index in [1.807, 2.05) is 30.3 Å². The molecule has 1 fully saturated rings. The maximum absolute atomic E-state index is 13.6. The minimum absolute atomic E-state index is 0.142. The van der Waals surface area contributed by atoms with Crippen molar-refractivity contribution in [3.05, 3.63) is 60.2 Å². The minimum atomic E-state index is -3.88. The van der Waals surface area contributed by atoms with E-state index in [4.69, 9.17) is 4.74 Å². The molecule has 2 aromatic rings. The Balaban J connectivity index is 2.02. The van der Waals surface area contributed by atoms with E-state index in [0.717, 1.165) is 18.4 Å². The van der Waals surface area contributed by atoms with Gasteiger partial charge in [-0.05, 0) is 42.7 Å². The van der Waals surface area contributed by atoms with Crippen molar-refractivity contribution in [3.8, 4) is 5.75 Å². The summed E-state index contributed by atoms with van der Waals surface area (Å²) in [5.41, 5.74) is 2.54. The quantitative estimate of drug-likeness (QED) is 0.532. The van der Waals surface area contributed by atoms with Gasteiger partial charge in [-0.25, -0.2) is 13.9 Å². The lowest BCUT2D eigenvalue weighted by atomic mass is 9.84. The average molecular weight is 419 g/mol. The fraction of sp³-hybridized carbons (Fsp3) is 0.381.